The van der Waals surface area contributed by atoms with Crippen molar-refractivity contribution in [2.45, 2.75) is 33.2 Å². The Morgan fingerprint density at radius 3 is 2.48 bits per heavy atom. The van der Waals surface area contributed by atoms with Crippen molar-refractivity contribution in [2.24, 2.45) is 0 Å². The lowest BCUT2D eigenvalue weighted by molar-refractivity contribution is -0.123. The Hall–Kier alpha value is -1.69. The first-order valence-corrected chi connectivity index (χ1v) is 7.37. The summed E-state index contributed by atoms with van der Waals surface area (Å²) in [6, 6.07) is 3.43. The first-order chi connectivity index (χ1) is 9.60. The molecule has 1 heterocycles. The van der Waals surface area contributed by atoms with Crippen LogP contribution in [0.5, 0.6) is 0 Å². The number of aryl methyl sites for hydroxylation is 1. The summed E-state index contributed by atoms with van der Waals surface area (Å²) >= 11 is 3.31. The van der Waals surface area contributed by atoms with Gasteiger partial charge in [0.05, 0.1) is 11.3 Å². The predicted molar refractivity (Wildman–Crippen MR) is 83.5 cm³/mol. The minimum atomic E-state index is -0.657. The summed E-state index contributed by atoms with van der Waals surface area (Å²) in [5, 5.41) is 2.79. The van der Waals surface area contributed by atoms with Crippen molar-refractivity contribution in [3.05, 3.63) is 27.7 Å². The number of nitrogens with zero attached hydrogens (tertiary/aromatic N) is 1. The molecule has 6 heteroatoms. The highest BCUT2D eigenvalue weighted by atomic mass is 79.9. The number of rotatable bonds is 2. The van der Waals surface area contributed by atoms with Crippen LogP contribution in [-0.4, -0.2) is 29.7 Å². The Morgan fingerprint density at radius 2 is 1.90 bits per heavy atom. The molecule has 1 aromatic rings. The monoisotopic (exact) mass is 352 g/mol. The van der Waals surface area contributed by atoms with Crippen LogP contribution >= 0.6 is 15.9 Å². The molecule has 0 spiro atoms. The molecule has 1 N–H and O–H groups in total. The van der Waals surface area contributed by atoms with Crippen molar-refractivity contribution in [2.75, 3.05) is 11.4 Å². The van der Waals surface area contributed by atoms with Crippen LogP contribution in [0.3, 0.4) is 0 Å². The highest BCUT2D eigenvalue weighted by Crippen LogP contribution is 2.34. The Bertz CT molecular complexity index is 647. The van der Waals surface area contributed by atoms with E-state index in [4.69, 9.17) is 0 Å². The molecule has 2 amide bonds. The Kier molecular flexibility index (Phi) is 3.93. The molecule has 5 nitrogen and oxygen atoms in total. The molecule has 112 valence electrons. The molecule has 0 saturated carbocycles. The fourth-order valence-electron chi connectivity index (χ4n) is 2.36. The quantitative estimate of drug-likeness (QED) is 0.829. The number of Topliss-reactive ketones (excluding diaryl/α,β-unsaturated/α-hetero) is 1. The van der Waals surface area contributed by atoms with E-state index in [9.17, 15) is 14.4 Å². The number of hydrogen-bond donors (Lipinski definition) is 1. The number of halogens is 1. The zero-order valence-electron chi connectivity index (χ0n) is 12.4. The number of amides is 2. The molecular weight excluding hydrogens is 336 g/mol. The minimum absolute atomic E-state index is 0.155. The molecule has 0 bridgehead atoms. The van der Waals surface area contributed by atoms with Gasteiger partial charge in [-0.15, -0.1) is 0 Å². The maximum absolute atomic E-state index is 12.1. The summed E-state index contributed by atoms with van der Waals surface area (Å²) in [5.74, 6) is -1.52. The van der Waals surface area contributed by atoms with Crippen LogP contribution in [0.1, 0.15) is 36.7 Å². The van der Waals surface area contributed by atoms with Crippen LogP contribution in [0.15, 0.2) is 16.6 Å². The number of hydrogen-bond acceptors (Lipinski definition) is 3. The average Bonchev–Trinajstić information content (AvgIpc) is 2.52. The van der Waals surface area contributed by atoms with E-state index in [1.54, 1.807) is 6.07 Å². The number of nitrogens with one attached hydrogen (secondary N) is 1. The fourth-order valence-corrected chi connectivity index (χ4v) is 2.93. The van der Waals surface area contributed by atoms with E-state index >= 15 is 0 Å². The van der Waals surface area contributed by atoms with Gasteiger partial charge >= 0.3 is 0 Å². The van der Waals surface area contributed by atoms with E-state index in [0.717, 1.165) is 10.0 Å². The van der Waals surface area contributed by atoms with E-state index in [1.165, 1.54) is 4.90 Å². The molecule has 0 atom stereocenters. The second-order valence-corrected chi connectivity index (χ2v) is 7.05. The van der Waals surface area contributed by atoms with Crippen LogP contribution in [0.2, 0.25) is 0 Å². The normalized spacial score (nSPS) is 14.4. The van der Waals surface area contributed by atoms with Gasteiger partial charge in [0.2, 0.25) is 5.91 Å². The molecule has 1 aromatic carbocycles. The zero-order valence-corrected chi connectivity index (χ0v) is 14.0. The first kappa shape index (κ1) is 15.7. The van der Waals surface area contributed by atoms with E-state index < -0.39 is 11.7 Å². The summed E-state index contributed by atoms with van der Waals surface area (Å²) in [5.41, 5.74) is 1.26. The van der Waals surface area contributed by atoms with Gasteiger partial charge in [0, 0.05) is 10.0 Å². The number of fused-ring (bicyclic) bond motifs is 1. The Morgan fingerprint density at radius 1 is 1.29 bits per heavy atom. The third kappa shape index (κ3) is 3.15. The number of ketones is 1. The number of carbonyl (C=O) groups excluding carboxylic acids is 3. The van der Waals surface area contributed by atoms with Crippen LogP contribution in [-0.2, 0) is 9.59 Å². The molecule has 0 saturated heterocycles. The topological polar surface area (TPSA) is 66.5 Å². The van der Waals surface area contributed by atoms with Crippen molar-refractivity contribution in [1.82, 2.24) is 5.32 Å². The summed E-state index contributed by atoms with van der Waals surface area (Å²) in [6.45, 7) is 7.23. The summed E-state index contributed by atoms with van der Waals surface area (Å²) < 4.78 is 0.737. The van der Waals surface area contributed by atoms with Crippen LogP contribution < -0.4 is 10.2 Å². The second kappa shape index (κ2) is 5.26. The Labute approximate surface area is 131 Å². The van der Waals surface area contributed by atoms with E-state index in [0.29, 0.717) is 11.3 Å². The molecule has 0 aliphatic carbocycles. The summed E-state index contributed by atoms with van der Waals surface area (Å²) in [4.78, 5) is 37.4. The van der Waals surface area contributed by atoms with Gasteiger partial charge < -0.3 is 5.32 Å². The van der Waals surface area contributed by atoms with Gasteiger partial charge in [-0.1, -0.05) is 15.9 Å². The van der Waals surface area contributed by atoms with Crippen molar-refractivity contribution in [3.8, 4) is 0 Å². The van der Waals surface area contributed by atoms with Crippen molar-refractivity contribution in [1.29, 1.82) is 0 Å². The standard InChI is InChI=1S/C15H17BrN2O3/c1-8-5-9(16)6-10-12(8)18(14(21)13(10)20)7-11(19)17-15(2,3)4/h5-6H,7H2,1-4H3,(H,17,19). The number of benzene rings is 1. The van der Waals surface area contributed by atoms with Crippen LogP contribution in [0, 0.1) is 6.92 Å². The zero-order chi connectivity index (χ0) is 15.9. The molecule has 0 fully saturated rings. The predicted octanol–water partition coefficient (Wildman–Crippen LogP) is 2.20. The van der Waals surface area contributed by atoms with E-state index in [2.05, 4.69) is 21.2 Å². The van der Waals surface area contributed by atoms with Gasteiger partial charge in [-0.05, 0) is 45.4 Å². The van der Waals surface area contributed by atoms with Gasteiger partial charge in [0.15, 0.2) is 0 Å². The number of carbonyl (C=O) groups is 3. The Balaban J connectivity index is 2.34. The van der Waals surface area contributed by atoms with Gasteiger partial charge in [-0.2, -0.15) is 0 Å². The average molecular weight is 353 g/mol. The molecule has 1 aliphatic heterocycles. The van der Waals surface area contributed by atoms with Gasteiger partial charge in [0.1, 0.15) is 6.54 Å². The van der Waals surface area contributed by atoms with Crippen molar-refractivity contribution in [3.63, 3.8) is 0 Å². The van der Waals surface area contributed by atoms with Gasteiger partial charge in [-0.25, -0.2) is 0 Å². The molecular formula is C15H17BrN2O3. The lowest BCUT2D eigenvalue weighted by Crippen LogP contribution is -2.47. The smallest absolute Gasteiger partial charge is 0.299 e. The minimum Gasteiger partial charge on any atom is -0.350 e. The highest BCUT2D eigenvalue weighted by Gasteiger charge is 2.38. The lowest BCUT2D eigenvalue weighted by Gasteiger charge is -2.23. The third-order valence-electron chi connectivity index (χ3n) is 3.04. The SMILES string of the molecule is Cc1cc(Br)cc2c1N(CC(=O)NC(C)(C)C)C(=O)C2=O. The maximum Gasteiger partial charge on any atom is 0.299 e. The number of anilines is 1. The first-order valence-electron chi connectivity index (χ1n) is 6.57. The largest absolute Gasteiger partial charge is 0.350 e. The molecule has 0 radical (unpaired) electrons. The van der Waals surface area contributed by atoms with Crippen LogP contribution in [0.4, 0.5) is 5.69 Å². The molecule has 2 rings (SSSR count). The summed E-state index contributed by atoms with van der Waals surface area (Å²) in [7, 11) is 0. The second-order valence-electron chi connectivity index (χ2n) is 6.14. The van der Waals surface area contributed by atoms with Crippen molar-refractivity contribution >= 4 is 39.2 Å². The van der Waals surface area contributed by atoms with Gasteiger partial charge in [0.25, 0.3) is 11.7 Å². The molecule has 0 aromatic heterocycles. The van der Waals surface area contributed by atoms with E-state index in [1.807, 2.05) is 33.8 Å². The third-order valence-corrected chi connectivity index (χ3v) is 3.49. The van der Waals surface area contributed by atoms with Gasteiger partial charge in [-0.3, -0.25) is 19.3 Å². The summed E-state index contributed by atoms with van der Waals surface area (Å²) in [6.07, 6.45) is 0. The lowest BCUT2D eigenvalue weighted by atomic mass is 10.1. The molecule has 21 heavy (non-hydrogen) atoms. The molecule has 1 aliphatic rings. The van der Waals surface area contributed by atoms with Crippen molar-refractivity contribution < 1.29 is 14.4 Å². The van der Waals surface area contributed by atoms with E-state index in [-0.39, 0.29) is 18.0 Å². The fraction of sp³-hybridized carbons (Fsp3) is 0.400. The molecule has 0 unspecified atom stereocenters. The van der Waals surface area contributed by atoms with Crippen LogP contribution in [0.25, 0.3) is 0 Å². The highest BCUT2D eigenvalue weighted by molar-refractivity contribution is 9.10. The maximum atomic E-state index is 12.1.